The van der Waals surface area contributed by atoms with Gasteiger partial charge in [0.25, 0.3) is 0 Å². The number of rotatable bonds is 4. The minimum absolute atomic E-state index is 0.0378. The molecule has 0 aromatic heterocycles. The lowest BCUT2D eigenvalue weighted by Gasteiger charge is -2.26. The lowest BCUT2D eigenvalue weighted by atomic mass is 9.85. The quantitative estimate of drug-likeness (QED) is 0.770. The van der Waals surface area contributed by atoms with Gasteiger partial charge in [0.15, 0.2) is 0 Å². The fourth-order valence-corrected chi connectivity index (χ4v) is 2.11. The van der Waals surface area contributed by atoms with Crippen LogP contribution in [0.25, 0.3) is 0 Å². The number of hydrogen-bond donors (Lipinski definition) is 1. The van der Waals surface area contributed by atoms with Crippen molar-refractivity contribution >= 4 is 5.97 Å². The maximum Gasteiger partial charge on any atom is 0.307 e. The van der Waals surface area contributed by atoms with E-state index >= 15 is 0 Å². The van der Waals surface area contributed by atoms with Crippen LogP contribution in [-0.4, -0.2) is 18.6 Å². The van der Waals surface area contributed by atoms with Crippen LogP contribution in [0.2, 0.25) is 0 Å². The summed E-state index contributed by atoms with van der Waals surface area (Å²) in [5.41, 5.74) is 5.92. The Morgan fingerprint density at radius 2 is 1.88 bits per heavy atom. The Bertz CT molecular complexity index is 239. The molecule has 3 heteroatoms. The van der Waals surface area contributed by atoms with Gasteiger partial charge in [0.2, 0.25) is 0 Å². The molecule has 2 N–H and O–H groups in total. The summed E-state index contributed by atoms with van der Waals surface area (Å²) in [7, 11) is 0. The zero-order valence-corrected chi connectivity index (χ0v) is 11.5. The minimum atomic E-state index is -0.141. The van der Waals surface area contributed by atoms with Gasteiger partial charge in [-0.3, -0.25) is 4.79 Å². The van der Waals surface area contributed by atoms with Crippen molar-refractivity contribution in [2.75, 3.05) is 6.61 Å². The second-order valence-corrected chi connectivity index (χ2v) is 6.36. The standard InChI is InChI=1S/C14H27NO2/c1-14(2,3)12(15)9-13(16)17-10-11-7-5-4-6-8-11/h11-12H,4-10,15H2,1-3H3. The third-order valence-electron chi connectivity index (χ3n) is 3.70. The van der Waals surface area contributed by atoms with Crippen molar-refractivity contribution in [2.24, 2.45) is 17.1 Å². The molecule has 0 aromatic rings. The molecule has 100 valence electrons. The van der Waals surface area contributed by atoms with Gasteiger partial charge in [0.1, 0.15) is 0 Å². The van der Waals surface area contributed by atoms with Gasteiger partial charge in [0.05, 0.1) is 13.0 Å². The fourth-order valence-electron chi connectivity index (χ4n) is 2.11. The van der Waals surface area contributed by atoms with Crippen LogP contribution in [0.15, 0.2) is 0 Å². The predicted molar refractivity (Wildman–Crippen MR) is 69.6 cm³/mol. The number of ether oxygens (including phenoxy) is 1. The van der Waals surface area contributed by atoms with E-state index in [1.54, 1.807) is 0 Å². The molecule has 0 heterocycles. The molecule has 1 aliphatic rings. The van der Waals surface area contributed by atoms with Crippen molar-refractivity contribution in [1.82, 2.24) is 0 Å². The van der Waals surface area contributed by atoms with Crippen LogP contribution in [0, 0.1) is 11.3 Å². The number of nitrogens with two attached hydrogens (primary N) is 1. The van der Waals surface area contributed by atoms with Crippen LogP contribution in [0.4, 0.5) is 0 Å². The molecule has 0 aromatic carbocycles. The smallest absolute Gasteiger partial charge is 0.307 e. The highest BCUT2D eigenvalue weighted by Gasteiger charge is 2.24. The molecule has 0 amide bonds. The molecular weight excluding hydrogens is 214 g/mol. The molecule has 0 bridgehead atoms. The summed E-state index contributed by atoms with van der Waals surface area (Å²) in [4.78, 5) is 11.6. The molecule has 1 saturated carbocycles. The molecule has 17 heavy (non-hydrogen) atoms. The lowest BCUT2D eigenvalue weighted by Crippen LogP contribution is -2.37. The van der Waals surface area contributed by atoms with Gasteiger partial charge in [-0.1, -0.05) is 40.0 Å². The number of esters is 1. The maximum atomic E-state index is 11.6. The largest absolute Gasteiger partial charge is 0.465 e. The summed E-state index contributed by atoms with van der Waals surface area (Å²) < 4.78 is 5.33. The highest BCUT2D eigenvalue weighted by Crippen LogP contribution is 2.24. The molecule has 1 unspecified atom stereocenters. The van der Waals surface area contributed by atoms with Crippen molar-refractivity contribution in [3.05, 3.63) is 0 Å². The SMILES string of the molecule is CC(C)(C)C(N)CC(=O)OCC1CCCCC1. The van der Waals surface area contributed by atoms with E-state index in [1.165, 1.54) is 32.1 Å². The van der Waals surface area contributed by atoms with Crippen LogP contribution in [0.1, 0.15) is 59.3 Å². The Hall–Kier alpha value is -0.570. The van der Waals surface area contributed by atoms with E-state index in [1.807, 2.05) is 20.8 Å². The van der Waals surface area contributed by atoms with E-state index in [0.29, 0.717) is 18.9 Å². The van der Waals surface area contributed by atoms with Gasteiger partial charge in [-0.15, -0.1) is 0 Å². The normalized spacial score (nSPS) is 20.0. The average Bonchev–Trinajstić information content (AvgIpc) is 2.26. The molecular formula is C14H27NO2. The van der Waals surface area contributed by atoms with Gasteiger partial charge < -0.3 is 10.5 Å². The molecule has 1 fully saturated rings. The third-order valence-corrected chi connectivity index (χ3v) is 3.70. The first-order valence-electron chi connectivity index (χ1n) is 6.81. The second kappa shape index (κ2) is 6.39. The Kier molecular flexibility index (Phi) is 5.44. The van der Waals surface area contributed by atoms with Crippen molar-refractivity contribution in [2.45, 2.75) is 65.3 Å². The third kappa shape index (κ3) is 5.53. The molecule has 0 aliphatic heterocycles. The van der Waals surface area contributed by atoms with Crippen molar-refractivity contribution in [3.8, 4) is 0 Å². The Labute approximate surface area is 105 Å². The molecule has 1 rings (SSSR count). The zero-order chi connectivity index (χ0) is 12.9. The van der Waals surface area contributed by atoms with Crippen LogP contribution < -0.4 is 5.73 Å². The molecule has 0 saturated heterocycles. The van der Waals surface area contributed by atoms with E-state index in [0.717, 1.165) is 0 Å². The monoisotopic (exact) mass is 241 g/mol. The summed E-state index contributed by atoms with van der Waals surface area (Å²) in [5.74, 6) is 0.441. The summed E-state index contributed by atoms with van der Waals surface area (Å²) in [6, 6.07) is -0.124. The lowest BCUT2D eigenvalue weighted by molar-refractivity contribution is -0.146. The van der Waals surface area contributed by atoms with Crippen LogP contribution >= 0.6 is 0 Å². The summed E-state index contributed by atoms with van der Waals surface area (Å²) in [6.07, 6.45) is 6.64. The fraction of sp³-hybridized carbons (Fsp3) is 0.929. The van der Waals surface area contributed by atoms with Crippen LogP contribution in [-0.2, 0) is 9.53 Å². The summed E-state index contributed by atoms with van der Waals surface area (Å²) in [5, 5.41) is 0. The molecule has 0 spiro atoms. The van der Waals surface area contributed by atoms with Crippen molar-refractivity contribution in [3.63, 3.8) is 0 Å². The van der Waals surface area contributed by atoms with Gasteiger partial charge in [0, 0.05) is 6.04 Å². The zero-order valence-electron chi connectivity index (χ0n) is 11.5. The first-order valence-corrected chi connectivity index (χ1v) is 6.81. The Balaban J connectivity index is 2.20. The number of carbonyl (C=O) groups excluding carboxylic acids is 1. The van der Waals surface area contributed by atoms with Crippen molar-refractivity contribution < 1.29 is 9.53 Å². The number of carbonyl (C=O) groups is 1. The minimum Gasteiger partial charge on any atom is -0.465 e. The highest BCUT2D eigenvalue weighted by atomic mass is 16.5. The van der Waals surface area contributed by atoms with E-state index in [2.05, 4.69) is 0 Å². The highest BCUT2D eigenvalue weighted by molar-refractivity contribution is 5.70. The van der Waals surface area contributed by atoms with Crippen LogP contribution in [0.3, 0.4) is 0 Å². The molecule has 1 aliphatic carbocycles. The first-order chi connectivity index (χ1) is 7.89. The van der Waals surface area contributed by atoms with Gasteiger partial charge >= 0.3 is 5.97 Å². The second-order valence-electron chi connectivity index (χ2n) is 6.36. The van der Waals surface area contributed by atoms with E-state index in [9.17, 15) is 4.79 Å². The van der Waals surface area contributed by atoms with Gasteiger partial charge in [-0.25, -0.2) is 0 Å². The van der Waals surface area contributed by atoms with Crippen LogP contribution in [0.5, 0.6) is 0 Å². The average molecular weight is 241 g/mol. The van der Waals surface area contributed by atoms with E-state index in [4.69, 9.17) is 10.5 Å². The van der Waals surface area contributed by atoms with Gasteiger partial charge in [-0.2, -0.15) is 0 Å². The van der Waals surface area contributed by atoms with E-state index in [-0.39, 0.29) is 17.4 Å². The molecule has 0 radical (unpaired) electrons. The number of hydrogen-bond acceptors (Lipinski definition) is 3. The summed E-state index contributed by atoms with van der Waals surface area (Å²) >= 11 is 0. The first kappa shape index (κ1) is 14.5. The Morgan fingerprint density at radius 1 is 1.29 bits per heavy atom. The predicted octanol–water partition coefficient (Wildman–Crippen LogP) is 2.87. The Morgan fingerprint density at radius 3 is 2.41 bits per heavy atom. The topological polar surface area (TPSA) is 52.3 Å². The molecule has 3 nitrogen and oxygen atoms in total. The van der Waals surface area contributed by atoms with E-state index < -0.39 is 0 Å². The molecule has 1 atom stereocenters. The van der Waals surface area contributed by atoms with Gasteiger partial charge in [-0.05, 0) is 24.2 Å². The van der Waals surface area contributed by atoms with Crippen molar-refractivity contribution in [1.29, 1.82) is 0 Å². The summed E-state index contributed by atoms with van der Waals surface area (Å²) in [6.45, 7) is 6.74. The maximum absolute atomic E-state index is 11.6.